The van der Waals surface area contributed by atoms with E-state index in [1.807, 2.05) is 0 Å². The van der Waals surface area contributed by atoms with Crippen LogP contribution in [0.15, 0.2) is 23.2 Å². The predicted molar refractivity (Wildman–Crippen MR) is 71.7 cm³/mol. The number of hydrogen-bond donors (Lipinski definition) is 3. The Kier molecular flexibility index (Phi) is 4.33. The Balaban J connectivity index is 3.32. The number of guanidine groups is 1. The molecular formula is C10H14N4O4S. The first kappa shape index (κ1) is 14.8. The summed E-state index contributed by atoms with van der Waals surface area (Å²) in [5, 5.41) is 0. The molecule has 0 atom stereocenters. The zero-order valence-corrected chi connectivity index (χ0v) is 11.2. The smallest absolute Gasteiger partial charge is 0.337 e. The van der Waals surface area contributed by atoms with Crippen LogP contribution in [0.5, 0.6) is 0 Å². The van der Waals surface area contributed by atoms with Crippen LogP contribution in [-0.2, 0) is 14.8 Å². The van der Waals surface area contributed by atoms with Crippen molar-refractivity contribution in [3.63, 3.8) is 0 Å². The van der Waals surface area contributed by atoms with E-state index in [2.05, 4.69) is 14.5 Å². The number of rotatable bonds is 4. The van der Waals surface area contributed by atoms with Crippen LogP contribution in [0.4, 0.5) is 11.4 Å². The molecule has 1 rings (SSSR count). The van der Waals surface area contributed by atoms with Crippen molar-refractivity contribution < 1.29 is 17.9 Å². The van der Waals surface area contributed by atoms with Gasteiger partial charge in [-0.05, 0) is 18.2 Å². The van der Waals surface area contributed by atoms with Gasteiger partial charge in [-0.25, -0.2) is 18.2 Å². The topological polar surface area (TPSA) is 137 Å². The molecule has 0 aromatic heterocycles. The number of anilines is 1. The van der Waals surface area contributed by atoms with Gasteiger partial charge in [-0.15, -0.1) is 0 Å². The summed E-state index contributed by atoms with van der Waals surface area (Å²) in [5.74, 6) is -0.850. The highest BCUT2D eigenvalue weighted by molar-refractivity contribution is 7.92. The first-order chi connectivity index (χ1) is 8.73. The SMILES string of the molecule is COC(=O)c1ccc(NS(C)(=O)=O)c(N=C(N)N)c1. The van der Waals surface area contributed by atoms with E-state index in [1.165, 1.54) is 25.3 Å². The molecule has 1 aromatic carbocycles. The van der Waals surface area contributed by atoms with Crippen molar-refractivity contribution in [2.45, 2.75) is 0 Å². The number of nitrogens with two attached hydrogens (primary N) is 2. The largest absolute Gasteiger partial charge is 0.465 e. The van der Waals surface area contributed by atoms with Gasteiger partial charge >= 0.3 is 5.97 Å². The van der Waals surface area contributed by atoms with E-state index in [0.29, 0.717) is 0 Å². The van der Waals surface area contributed by atoms with Crippen LogP contribution >= 0.6 is 0 Å². The fourth-order valence-electron chi connectivity index (χ4n) is 1.29. The second kappa shape index (κ2) is 5.57. The lowest BCUT2D eigenvalue weighted by Crippen LogP contribution is -2.22. The Hall–Kier alpha value is -2.29. The number of carbonyl (C=O) groups is 1. The van der Waals surface area contributed by atoms with Gasteiger partial charge in [-0.2, -0.15) is 0 Å². The van der Waals surface area contributed by atoms with Crippen LogP contribution in [-0.4, -0.2) is 33.7 Å². The Morgan fingerprint density at radius 3 is 2.47 bits per heavy atom. The molecule has 0 radical (unpaired) electrons. The minimum absolute atomic E-state index is 0.119. The van der Waals surface area contributed by atoms with Gasteiger partial charge in [0.05, 0.1) is 30.3 Å². The molecule has 0 bridgehead atoms. The van der Waals surface area contributed by atoms with Gasteiger partial charge in [0.25, 0.3) is 0 Å². The second-order valence-corrected chi connectivity index (χ2v) is 5.38. The lowest BCUT2D eigenvalue weighted by atomic mass is 10.2. The van der Waals surface area contributed by atoms with Crippen LogP contribution < -0.4 is 16.2 Å². The summed E-state index contributed by atoms with van der Waals surface area (Å²) >= 11 is 0. The van der Waals surface area contributed by atoms with E-state index in [1.54, 1.807) is 0 Å². The van der Waals surface area contributed by atoms with Crippen LogP contribution in [0.1, 0.15) is 10.4 Å². The number of aliphatic imine (C=N–C) groups is 1. The molecule has 0 aliphatic carbocycles. The number of ether oxygens (including phenoxy) is 1. The maximum atomic E-state index is 11.4. The van der Waals surface area contributed by atoms with Gasteiger partial charge in [-0.3, -0.25) is 4.72 Å². The zero-order chi connectivity index (χ0) is 14.6. The van der Waals surface area contributed by atoms with Crippen molar-refractivity contribution >= 4 is 33.3 Å². The molecule has 0 amide bonds. The summed E-state index contributed by atoms with van der Waals surface area (Å²) in [7, 11) is -2.26. The van der Waals surface area contributed by atoms with E-state index >= 15 is 0 Å². The van der Waals surface area contributed by atoms with E-state index in [9.17, 15) is 13.2 Å². The number of benzene rings is 1. The van der Waals surface area contributed by atoms with Gasteiger partial charge in [0, 0.05) is 0 Å². The van der Waals surface area contributed by atoms with Gasteiger partial charge in [0.2, 0.25) is 10.0 Å². The maximum absolute atomic E-state index is 11.4. The molecule has 0 aliphatic rings. The quantitative estimate of drug-likeness (QED) is 0.396. The van der Waals surface area contributed by atoms with Crippen LogP contribution in [0.2, 0.25) is 0 Å². The molecule has 0 saturated heterocycles. The normalized spacial score (nSPS) is 10.6. The highest BCUT2D eigenvalue weighted by Gasteiger charge is 2.12. The Morgan fingerprint density at radius 2 is 2.00 bits per heavy atom. The maximum Gasteiger partial charge on any atom is 0.337 e. The molecule has 0 unspecified atom stereocenters. The van der Waals surface area contributed by atoms with Gasteiger partial charge in [0.15, 0.2) is 5.96 Å². The third-order valence-corrected chi connectivity index (χ3v) is 2.55. The van der Waals surface area contributed by atoms with Gasteiger partial charge in [-0.1, -0.05) is 0 Å². The Bertz CT molecular complexity index is 620. The van der Waals surface area contributed by atoms with E-state index < -0.39 is 16.0 Å². The summed E-state index contributed by atoms with van der Waals surface area (Å²) in [6, 6.07) is 4.08. The molecular weight excluding hydrogens is 272 g/mol. The third kappa shape index (κ3) is 4.47. The van der Waals surface area contributed by atoms with E-state index in [-0.39, 0.29) is 22.9 Å². The number of carbonyl (C=O) groups excluding carboxylic acids is 1. The zero-order valence-electron chi connectivity index (χ0n) is 10.4. The number of hydrogen-bond acceptors (Lipinski definition) is 5. The van der Waals surface area contributed by atoms with Crippen molar-refractivity contribution in [2.24, 2.45) is 16.5 Å². The lowest BCUT2D eigenvalue weighted by Gasteiger charge is -2.09. The summed E-state index contributed by atoms with van der Waals surface area (Å²) in [6.07, 6.45) is 0.987. The van der Waals surface area contributed by atoms with Crippen molar-refractivity contribution in [3.8, 4) is 0 Å². The van der Waals surface area contributed by atoms with Gasteiger partial charge < -0.3 is 16.2 Å². The number of methoxy groups -OCH3 is 1. The molecule has 104 valence electrons. The standard InChI is InChI=1S/C10H14N4O4S/c1-18-9(15)6-3-4-7(14-19(2,16)17)8(5-6)13-10(11)12/h3-5,14H,1-2H3,(H4,11,12,13). The van der Waals surface area contributed by atoms with Gasteiger partial charge in [0.1, 0.15) is 0 Å². The number of sulfonamides is 1. The highest BCUT2D eigenvalue weighted by atomic mass is 32.2. The number of esters is 1. The first-order valence-electron chi connectivity index (χ1n) is 5.02. The molecule has 19 heavy (non-hydrogen) atoms. The summed E-state index contributed by atoms with van der Waals surface area (Å²) in [6.45, 7) is 0. The molecule has 0 fully saturated rings. The number of nitrogens with zero attached hydrogens (tertiary/aromatic N) is 1. The van der Waals surface area contributed by atoms with Crippen LogP contribution in [0.25, 0.3) is 0 Å². The molecule has 8 nitrogen and oxygen atoms in total. The third-order valence-electron chi connectivity index (χ3n) is 1.96. The first-order valence-corrected chi connectivity index (χ1v) is 6.92. The molecule has 0 heterocycles. The average Bonchev–Trinajstić information content (AvgIpc) is 2.28. The molecule has 0 saturated carbocycles. The summed E-state index contributed by atoms with van der Waals surface area (Å²) in [5.41, 5.74) is 11.0. The molecule has 0 spiro atoms. The second-order valence-electron chi connectivity index (χ2n) is 3.63. The highest BCUT2D eigenvalue weighted by Crippen LogP contribution is 2.27. The van der Waals surface area contributed by atoms with Crippen molar-refractivity contribution in [2.75, 3.05) is 18.1 Å². The van der Waals surface area contributed by atoms with Crippen LogP contribution in [0.3, 0.4) is 0 Å². The minimum atomic E-state index is -3.49. The monoisotopic (exact) mass is 286 g/mol. The van der Waals surface area contributed by atoms with Crippen LogP contribution in [0, 0.1) is 0 Å². The van der Waals surface area contributed by atoms with Crippen molar-refractivity contribution in [1.82, 2.24) is 0 Å². The van der Waals surface area contributed by atoms with Crippen molar-refractivity contribution in [3.05, 3.63) is 23.8 Å². The molecule has 0 aliphatic heterocycles. The molecule has 5 N–H and O–H groups in total. The summed E-state index contributed by atoms with van der Waals surface area (Å²) < 4.78 is 29.2. The van der Waals surface area contributed by atoms with Crippen molar-refractivity contribution in [1.29, 1.82) is 0 Å². The Morgan fingerprint density at radius 1 is 1.37 bits per heavy atom. The predicted octanol–water partition coefficient (Wildman–Crippen LogP) is -0.250. The lowest BCUT2D eigenvalue weighted by molar-refractivity contribution is 0.0601. The molecule has 1 aromatic rings. The van der Waals surface area contributed by atoms with E-state index in [0.717, 1.165) is 6.26 Å². The summed E-state index contributed by atoms with van der Waals surface area (Å²) in [4.78, 5) is 15.1. The van der Waals surface area contributed by atoms with E-state index in [4.69, 9.17) is 11.5 Å². The Labute approximate surface area is 110 Å². The molecule has 9 heteroatoms. The fraction of sp³-hybridized carbons (Fsp3) is 0.200. The average molecular weight is 286 g/mol. The number of nitrogens with one attached hydrogen (secondary N) is 1. The fourth-order valence-corrected chi connectivity index (χ4v) is 1.87. The minimum Gasteiger partial charge on any atom is -0.465 e.